The van der Waals surface area contributed by atoms with E-state index in [1.54, 1.807) is 7.11 Å². The molecular weight excluding hydrogens is 266 g/mol. The number of nitrogens with zero attached hydrogens (tertiary/aromatic N) is 1. The summed E-state index contributed by atoms with van der Waals surface area (Å²) in [5, 5.41) is 0. The Labute approximate surface area is 126 Å². The number of hydrogen-bond acceptors (Lipinski definition) is 3. The fourth-order valence-corrected chi connectivity index (χ4v) is 3.63. The summed E-state index contributed by atoms with van der Waals surface area (Å²) in [5.41, 5.74) is 1.10. The molecule has 3 rings (SSSR count). The lowest BCUT2D eigenvalue weighted by atomic mass is 10.00. The highest BCUT2D eigenvalue weighted by atomic mass is 16.5. The zero-order chi connectivity index (χ0) is 14.7. The smallest absolute Gasteiger partial charge is 0.249 e. The minimum Gasteiger partial charge on any atom is -0.381 e. The summed E-state index contributed by atoms with van der Waals surface area (Å²) < 4.78 is 11.1. The summed E-state index contributed by atoms with van der Waals surface area (Å²) in [6.07, 6.45) is 4.47. The highest BCUT2D eigenvalue weighted by Crippen LogP contribution is 2.36. The summed E-state index contributed by atoms with van der Waals surface area (Å²) in [7, 11) is 1.77. The largest absolute Gasteiger partial charge is 0.381 e. The molecule has 2 bridgehead atoms. The molecule has 3 atom stereocenters. The van der Waals surface area contributed by atoms with Crippen molar-refractivity contribution in [1.29, 1.82) is 0 Å². The molecule has 0 radical (unpaired) electrons. The van der Waals surface area contributed by atoms with Crippen molar-refractivity contribution < 1.29 is 14.3 Å². The van der Waals surface area contributed by atoms with Gasteiger partial charge in [-0.1, -0.05) is 30.3 Å². The van der Waals surface area contributed by atoms with Crippen LogP contribution in [0.5, 0.6) is 0 Å². The van der Waals surface area contributed by atoms with Crippen LogP contribution in [0.3, 0.4) is 0 Å². The van der Waals surface area contributed by atoms with Crippen LogP contribution in [-0.4, -0.2) is 42.7 Å². The number of ether oxygens (including phenoxy) is 2. The first-order valence-electron chi connectivity index (χ1n) is 7.73. The second kappa shape index (κ2) is 6.58. The van der Waals surface area contributed by atoms with Gasteiger partial charge in [-0.25, -0.2) is 0 Å². The molecule has 0 aromatic heterocycles. The van der Waals surface area contributed by atoms with Crippen LogP contribution in [0.2, 0.25) is 0 Å². The van der Waals surface area contributed by atoms with Crippen LogP contribution in [0.25, 0.3) is 0 Å². The summed E-state index contributed by atoms with van der Waals surface area (Å²) >= 11 is 0. The number of rotatable bonds is 5. The van der Waals surface area contributed by atoms with Crippen molar-refractivity contribution in [1.82, 2.24) is 4.90 Å². The molecule has 1 aromatic rings. The van der Waals surface area contributed by atoms with Gasteiger partial charge in [0.05, 0.1) is 12.7 Å². The monoisotopic (exact) mass is 289 g/mol. The average molecular weight is 289 g/mol. The Morgan fingerprint density at radius 1 is 1.19 bits per heavy atom. The lowest BCUT2D eigenvalue weighted by Crippen LogP contribution is -2.49. The molecular formula is C17H23NO3. The van der Waals surface area contributed by atoms with Gasteiger partial charge in [0.15, 0.2) is 0 Å². The molecule has 2 aliphatic heterocycles. The molecule has 21 heavy (non-hydrogen) atoms. The quantitative estimate of drug-likeness (QED) is 0.835. The van der Waals surface area contributed by atoms with Crippen LogP contribution in [0.15, 0.2) is 30.3 Å². The third-order valence-corrected chi connectivity index (χ3v) is 4.65. The maximum atomic E-state index is 12.4. The Morgan fingerprint density at radius 2 is 1.86 bits per heavy atom. The molecule has 2 aliphatic rings. The van der Waals surface area contributed by atoms with Crippen LogP contribution in [0.1, 0.15) is 31.2 Å². The standard InChI is InChI=1S/C17H23NO3/c1-20-16-9-14-7-8-15(10-16)18(14)17(19)12-21-11-13-5-3-2-4-6-13/h2-6,14-16H,7-12H2,1H3/t14-,15+,16?. The lowest BCUT2D eigenvalue weighted by molar-refractivity contribution is -0.143. The minimum atomic E-state index is 0.132. The fraction of sp³-hybridized carbons (Fsp3) is 0.588. The maximum absolute atomic E-state index is 12.4. The molecule has 2 heterocycles. The SMILES string of the molecule is COC1C[C@H]2CC[C@@H](C1)N2C(=O)COCc1ccccc1. The number of carbonyl (C=O) groups excluding carboxylic acids is 1. The molecule has 0 N–H and O–H groups in total. The minimum absolute atomic E-state index is 0.132. The van der Waals surface area contributed by atoms with E-state index >= 15 is 0 Å². The number of fused-ring (bicyclic) bond motifs is 2. The molecule has 0 aliphatic carbocycles. The molecule has 4 heteroatoms. The maximum Gasteiger partial charge on any atom is 0.249 e. The number of benzene rings is 1. The highest BCUT2D eigenvalue weighted by Gasteiger charge is 2.43. The molecule has 1 unspecified atom stereocenters. The van der Waals surface area contributed by atoms with Crippen LogP contribution in [0.4, 0.5) is 0 Å². The molecule has 1 amide bonds. The zero-order valence-electron chi connectivity index (χ0n) is 12.5. The van der Waals surface area contributed by atoms with Gasteiger partial charge >= 0.3 is 0 Å². The Balaban J connectivity index is 1.50. The van der Waals surface area contributed by atoms with Gasteiger partial charge in [0.1, 0.15) is 6.61 Å². The van der Waals surface area contributed by atoms with Crippen molar-refractivity contribution in [3.05, 3.63) is 35.9 Å². The Morgan fingerprint density at radius 3 is 2.48 bits per heavy atom. The number of amides is 1. The van der Waals surface area contributed by atoms with E-state index in [0.717, 1.165) is 31.2 Å². The van der Waals surface area contributed by atoms with Gasteiger partial charge in [-0.3, -0.25) is 4.79 Å². The number of piperidine rings is 1. The normalized spacial score (nSPS) is 27.9. The summed E-state index contributed by atoms with van der Waals surface area (Å²) in [6, 6.07) is 10.7. The van der Waals surface area contributed by atoms with Crippen molar-refractivity contribution in [2.75, 3.05) is 13.7 Å². The van der Waals surface area contributed by atoms with Crippen molar-refractivity contribution in [3.63, 3.8) is 0 Å². The van der Waals surface area contributed by atoms with Gasteiger partial charge in [0.2, 0.25) is 5.91 Å². The van der Waals surface area contributed by atoms with E-state index in [0.29, 0.717) is 24.8 Å². The van der Waals surface area contributed by atoms with Gasteiger partial charge in [-0.2, -0.15) is 0 Å². The Kier molecular flexibility index (Phi) is 4.56. The van der Waals surface area contributed by atoms with Crippen LogP contribution in [0, 0.1) is 0 Å². The first-order chi connectivity index (χ1) is 10.3. The van der Waals surface area contributed by atoms with Crippen molar-refractivity contribution in [2.24, 2.45) is 0 Å². The van der Waals surface area contributed by atoms with Crippen molar-refractivity contribution >= 4 is 5.91 Å². The van der Waals surface area contributed by atoms with Gasteiger partial charge in [0, 0.05) is 19.2 Å². The van der Waals surface area contributed by atoms with Crippen LogP contribution in [-0.2, 0) is 20.9 Å². The number of hydrogen-bond donors (Lipinski definition) is 0. The van der Waals surface area contributed by atoms with Crippen LogP contribution >= 0.6 is 0 Å². The number of methoxy groups -OCH3 is 1. The Hall–Kier alpha value is -1.39. The number of carbonyl (C=O) groups is 1. The van der Waals surface area contributed by atoms with Gasteiger partial charge < -0.3 is 14.4 Å². The van der Waals surface area contributed by atoms with Crippen molar-refractivity contribution in [2.45, 2.75) is 50.5 Å². The van der Waals surface area contributed by atoms with Crippen LogP contribution < -0.4 is 0 Å². The molecule has 2 fully saturated rings. The molecule has 0 saturated carbocycles. The fourth-order valence-electron chi connectivity index (χ4n) is 3.63. The third kappa shape index (κ3) is 3.27. The second-order valence-electron chi connectivity index (χ2n) is 5.99. The van der Waals surface area contributed by atoms with Crippen molar-refractivity contribution in [3.8, 4) is 0 Å². The van der Waals surface area contributed by atoms with E-state index < -0.39 is 0 Å². The molecule has 1 aromatic carbocycles. The summed E-state index contributed by atoms with van der Waals surface area (Å²) in [5.74, 6) is 0.132. The van der Waals surface area contributed by atoms with E-state index in [4.69, 9.17) is 9.47 Å². The molecule has 114 valence electrons. The zero-order valence-corrected chi connectivity index (χ0v) is 12.5. The van der Waals surface area contributed by atoms with Gasteiger partial charge in [-0.15, -0.1) is 0 Å². The summed E-state index contributed by atoms with van der Waals surface area (Å²) in [6.45, 7) is 0.677. The Bertz CT molecular complexity index is 462. The van der Waals surface area contributed by atoms with E-state index in [2.05, 4.69) is 4.90 Å². The lowest BCUT2D eigenvalue weighted by Gasteiger charge is -2.38. The first-order valence-corrected chi connectivity index (χ1v) is 7.73. The second-order valence-corrected chi connectivity index (χ2v) is 5.99. The predicted octanol–water partition coefficient (Wildman–Crippen LogP) is 2.37. The van der Waals surface area contributed by atoms with Gasteiger partial charge in [0.25, 0.3) is 0 Å². The predicted molar refractivity (Wildman–Crippen MR) is 79.8 cm³/mol. The molecule has 0 spiro atoms. The van der Waals surface area contributed by atoms with E-state index in [9.17, 15) is 4.79 Å². The molecule has 4 nitrogen and oxygen atoms in total. The third-order valence-electron chi connectivity index (χ3n) is 4.65. The topological polar surface area (TPSA) is 38.8 Å². The summed E-state index contributed by atoms with van der Waals surface area (Å²) in [4.78, 5) is 14.5. The average Bonchev–Trinajstić information content (AvgIpc) is 2.78. The molecule has 2 saturated heterocycles. The van der Waals surface area contributed by atoms with E-state index in [1.165, 1.54) is 0 Å². The highest BCUT2D eigenvalue weighted by molar-refractivity contribution is 5.78. The van der Waals surface area contributed by atoms with E-state index in [-0.39, 0.29) is 12.5 Å². The van der Waals surface area contributed by atoms with Gasteiger partial charge in [-0.05, 0) is 31.2 Å². The first kappa shape index (κ1) is 14.5. The van der Waals surface area contributed by atoms with E-state index in [1.807, 2.05) is 30.3 Å².